The number of ether oxygens (including phenoxy) is 1. The molecule has 0 spiro atoms. The van der Waals surface area contributed by atoms with Crippen LogP contribution in [0.3, 0.4) is 0 Å². The highest BCUT2D eigenvalue weighted by Gasteiger charge is 2.17. The second-order valence-electron chi connectivity index (χ2n) is 6.67. The third kappa shape index (κ3) is 10.7. The Balaban J connectivity index is 0.000000382. The largest absolute Gasteiger partial charge is 0.374 e. The summed E-state index contributed by atoms with van der Waals surface area (Å²) in [6.07, 6.45) is 8.90. The van der Waals surface area contributed by atoms with Crippen LogP contribution >= 0.6 is 0 Å². The first-order valence-electron chi connectivity index (χ1n) is 8.69. The highest BCUT2D eigenvalue weighted by Crippen LogP contribution is 2.20. The van der Waals surface area contributed by atoms with Crippen LogP contribution in [0.1, 0.15) is 79.6 Å². The molecule has 1 aliphatic heterocycles. The minimum Gasteiger partial charge on any atom is -0.374 e. The van der Waals surface area contributed by atoms with Gasteiger partial charge in [0.1, 0.15) is 5.78 Å². The first-order chi connectivity index (χ1) is 9.90. The molecule has 0 bridgehead atoms. The molecule has 124 valence electrons. The number of hydrogen-bond donors (Lipinski definition) is 0. The zero-order valence-electron chi connectivity index (χ0n) is 14.9. The molecular weight excluding hydrogens is 260 g/mol. The molecule has 0 N–H and O–H groups in total. The first-order valence-corrected chi connectivity index (χ1v) is 8.69. The molecule has 0 aromatic carbocycles. The molecule has 1 heterocycles. The third-order valence-electron chi connectivity index (χ3n) is 4.15. The predicted molar refractivity (Wildman–Crippen MR) is 91.6 cm³/mol. The van der Waals surface area contributed by atoms with Gasteiger partial charge in [-0.1, -0.05) is 60.0 Å². The normalized spacial score (nSPS) is 20.6. The van der Waals surface area contributed by atoms with Gasteiger partial charge in [0.2, 0.25) is 0 Å². The minimum absolute atomic E-state index is 0.261. The van der Waals surface area contributed by atoms with Crippen molar-refractivity contribution in [2.45, 2.75) is 85.7 Å². The molecule has 1 saturated heterocycles. The van der Waals surface area contributed by atoms with Crippen LogP contribution in [0.5, 0.6) is 0 Å². The molecule has 2 nitrogen and oxygen atoms in total. The number of carbonyl (C=O) groups excluding carboxylic acids is 1. The zero-order chi connectivity index (χ0) is 16.3. The fourth-order valence-electron chi connectivity index (χ4n) is 2.67. The van der Waals surface area contributed by atoms with Gasteiger partial charge < -0.3 is 4.74 Å². The second kappa shape index (κ2) is 12.0. The highest BCUT2D eigenvalue weighted by molar-refractivity contribution is 5.77. The molecular formula is C19H36O2. The van der Waals surface area contributed by atoms with Gasteiger partial charge in [-0.05, 0) is 37.7 Å². The average Bonchev–Trinajstić information content (AvgIpc) is 2.83. The second-order valence-corrected chi connectivity index (χ2v) is 6.67. The van der Waals surface area contributed by atoms with E-state index in [1.54, 1.807) is 6.92 Å². The summed E-state index contributed by atoms with van der Waals surface area (Å²) in [6, 6.07) is 0. The summed E-state index contributed by atoms with van der Waals surface area (Å²) in [6.45, 7) is 15.0. The van der Waals surface area contributed by atoms with Crippen molar-refractivity contribution >= 4 is 5.78 Å². The molecule has 1 rings (SSSR count). The van der Waals surface area contributed by atoms with Gasteiger partial charge in [0.25, 0.3) is 0 Å². The van der Waals surface area contributed by atoms with Gasteiger partial charge >= 0.3 is 0 Å². The smallest absolute Gasteiger partial charge is 0.132 e. The Hall–Kier alpha value is -0.630. The van der Waals surface area contributed by atoms with E-state index in [4.69, 9.17) is 4.74 Å². The molecule has 21 heavy (non-hydrogen) atoms. The van der Waals surface area contributed by atoms with Crippen LogP contribution < -0.4 is 0 Å². The predicted octanol–water partition coefficient (Wildman–Crippen LogP) is 5.56. The lowest BCUT2D eigenvalue weighted by molar-refractivity contribution is -0.120. The summed E-state index contributed by atoms with van der Waals surface area (Å²) < 4.78 is 5.47. The van der Waals surface area contributed by atoms with E-state index in [9.17, 15) is 4.79 Å². The third-order valence-corrected chi connectivity index (χ3v) is 4.15. The van der Waals surface area contributed by atoms with Crippen molar-refractivity contribution < 1.29 is 9.53 Å². The highest BCUT2D eigenvalue weighted by atomic mass is 16.5. The molecule has 1 aliphatic rings. The quantitative estimate of drug-likeness (QED) is 0.548. The van der Waals surface area contributed by atoms with E-state index in [1.807, 2.05) is 6.92 Å². The molecule has 0 radical (unpaired) electrons. The maximum absolute atomic E-state index is 10.9. The Labute approximate surface area is 132 Å². The number of hydrogen-bond acceptors (Lipinski definition) is 2. The lowest BCUT2D eigenvalue weighted by atomic mass is 9.92. The van der Waals surface area contributed by atoms with Gasteiger partial charge in [-0.2, -0.15) is 0 Å². The van der Waals surface area contributed by atoms with Crippen LogP contribution in [-0.2, 0) is 9.53 Å². The SMILES string of the molecule is C=C1CO[C@@H](CCCC)C1.CCC[C@@H](C)CC(C)C(C)=O. The molecule has 0 amide bonds. The topological polar surface area (TPSA) is 26.3 Å². The van der Waals surface area contributed by atoms with E-state index >= 15 is 0 Å². The molecule has 0 aromatic heterocycles. The number of Topliss-reactive ketones (excluding diaryl/α,β-unsaturated/α-hetero) is 1. The molecule has 1 unspecified atom stereocenters. The average molecular weight is 296 g/mol. The van der Waals surface area contributed by atoms with Gasteiger partial charge in [0.05, 0.1) is 12.7 Å². The summed E-state index contributed by atoms with van der Waals surface area (Å²) in [4.78, 5) is 10.9. The molecule has 0 aliphatic carbocycles. The molecule has 3 atom stereocenters. The van der Waals surface area contributed by atoms with Crippen LogP contribution in [-0.4, -0.2) is 18.5 Å². The standard InChI is InChI=1S/C10H20O.C9H16O/c1-5-6-8(2)7-9(3)10(4)11;1-3-4-5-9-6-8(2)7-10-9/h8-9H,5-7H2,1-4H3;9H,2-7H2,1H3/t8-,9?;9-/m10/s1. The molecule has 0 saturated carbocycles. The van der Waals surface area contributed by atoms with Crippen LogP contribution in [0.2, 0.25) is 0 Å². The van der Waals surface area contributed by atoms with Crippen LogP contribution in [0.4, 0.5) is 0 Å². The summed E-state index contributed by atoms with van der Waals surface area (Å²) in [7, 11) is 0. The van der Waals surface area contributed by atoms with Crippen LogP contribution in [0.25, 0.3) is 0 Å². The Morgan fingerprint density at radius 2 is 2.00 bits per heavy atom. The van der Waals surface area contributed by atoms with Gasteiger partial charge in [-0.25, -0.2) is 0 Å². The first kappa shape index (κ1) is 20.4. The Bertz CT molecular complexity index is 296. The van der Waals surface area contributed by atoms with E-state index in [1.165, 1.54) is 37.7 Å². The summed E-state index contributed by atoms with van der Waals surface area (Å²) >= 11 is 0. The van der Waals surface area contributed by atoms with Gasteiger partial charge in [0.15, 0.2) is 0 Å². The Morgan fingerprint density at radius 1 is 1.33 bits per heavy atom. The van der Waals surface area contributed by atoms with E-state index < -0.39 is 0 Å². The Kier molecular flexibility index (Phi) is 11.6. The maximum Gasteiger partial charge on any atom is 0.132 e. The summed E-state index contributed by atoms with van der Waals surface area (Å²) in [5.74, 6) is 1.29. The number of ketones is 1. The zero-order valence-corrected chi connectivity index (χ0v) is 14.9. The maximum atomic E-state index is 10.9. The number of unbranched alkanes of at least 4 members (excludes halogenated alkanes) is 1. The Morgan fingerprint density at radius 3 is 2.43 bits per heavy atom. The lowest BCUT2D eigenvalue weighted by Crippen LogP contribution is -2.10. The van der Waals surface area contributed by atoms with Crippen molar-refractivity contribution in [1.29, 1.82) is 0 Å². The number of rotatable bonds is 8. The van der Waals surface area contributed by atoms with Crippen LogP contribution in [0.15, 0.2) is 12.2 Å². The number of carbonyl (C=O) groups is 1. The van der Waals surface area contributed by atoms with Crippen molar-refractivity contribution in [2.75, 3.05) is 6.61 Å². The molecule has 1 fully saturated rings. The van der Waals surface area contributed by atoms with Crippen molar-refractivity contribution in [3.8, 4) is 0 Å². The minimum atomic E-state index is 0.261. The fraction of sp³-hybridized carbons (Fsp3) is 0.842. The van der Waals surface area contributed by atoms with Crippen LogP contribution in [0, 0.1) is 11.8 Å². The molecule has 2 heteroatoms. The van der Waals surface area contributed by atoms with Crippen molar-refractivity contribution in [3.63, 3.8) is 0 Å². The van der Waals surface area contributed by atoms with E-state index in [-0.39, 0.29) is 5.92 Å². The van der Waals surface area contributed by atoms with Gasteiger partial charge in [-0.3, -0.25) is 4.79 Å². The van der Waals surface area contributed by atoms with Crippen molar-refractivity contribution in [2.24, 2.45) is 11.8 Å². The van der Waals surface area contributed by atoms with E-state index in [0.717, 1.165) is 19.4 Å². The van der Waals surface area contributed by atoms with E-state index in [0.29, 0.717) is 17.8 Å². The van der Waals surface area contributed by atoms with Gasteiger partial charge in [0, 0.05) is 5.92 Å². The monoisotopic (exact) mass is 296 g/mol. The van der Waals surface area contributed by atoms with Gasteiger partial charge in [-0.15, -0.1) is 0 Å². The van der Waals surface area contributed by atoms with E-state index in [2.05, 4.69) is 27.4 Å². The summed E-state index contributed by atoms with van der Waals surface area (Å²) in [5, 5.41) is 0. The fourth-order valence-corrected chi connectivity index (χ4v) is 2.67. The van der Waals surface area contributed by atoms with Crippen molar-refractivity contribution in [1.82, 2.24) is 0 Å². The lowest BCUT2D eigenvalue weighted by Gasteiger charge is -2.13. The van der Waals surface area contributed by atoms with Crippen molar-refractivity contribution in [3.05, 3.63) is 12.2 Å². The molecule has 0 aromatic rings. The summed E-state index contributed by atoms with van der Waals surface area (Å²) in [5.41, 5.74) is 1.26.